The van der Waals surface area contributed by atoms with Crippen LogP contribution in [0, 0.1) is 12.8 Å². The van der Waals surface area contributed by atoms with E-state index in [0.29, 0.717) is 13.0 Å². The second-order valence-corrected chi connectivity index (χ2v) is 4.41. The summed E-state index contributed by atoms with van der Waals surface area (Å²) in [6, 6.07) is -0.935. The first-order valence-corrected chi connectivity index (χ1v) is 6.14. The van der Waals surface area contributed by atoms with Crippen LogP contribution in [-0.2, 0) is 0 Å². The van der Waals surface area contributed by atoms with E-state index in [0.717, 1.165) is 18.9 Å². The Bertz CT molecular complexity index is 732. The van der Waals surface area contributed by atoms with Crippen LogP contribution in [0.15, 0.2) is 24.2 Å². The molecule has 0 aliphatic carbocycles. The number of ketones is 1. The van der Waals surface area contributed by atoms with Crippen molar-refractivity contribution in [2.75, 3.05) is 19.6 Å². The van der Waals surface area contributed by atoms with Gasteiger partial charge in [-0.25, -0.2) is 0 Å². The first kappa shape index (κ1) is 5.87. The van der Waals surface area contributed by atoms with Crippen LogP contribution in [0.4, 0.5) is 0 Å². The summed E-state index contributed by atoms with van der Waals surface area (Å²) in [5.41, 5.74) is -0.935. The van der Waals surface area contributed by atoms with Crippen LogP contribution < -0.4 is 0 Å². The van der Waals surface area contributed by atoms with Gasteiger partial charge in [0.05, 0.1) is 4.11 Å². The van der Waals surface area contributed by atoms with Gasteiger partial charge in [-0.05, 0) is 32.8 Å². The van der Waals surface area contributed by atoms with Crippen molar-refractivity contribution in [3.8, 4) is 0 Å². The van der Waals surface area contributed by atoms with Crippen LogP contribution in [0.25, 0.3) is 0 Å². The largest absolute Gasteiger partial charge is 0.303 e. The van der Waals surface area contributed by atoms with Gasteiger partial charge in [0.25, 0.3) is 0 Å². The first-order chi connectivity index (χ1) is 12.3. The lowest BCUT2D eigenvalue weighted by Crippen LogP contribution is -2.35. The lowest BCUT2D eigenvalue weighted by molar-refractivity contribution is 0.0883. The third-order valence-corrected chi connectivity index (χ3v) is 2.90. The van der Waals surface area contributed by atoms with Crippen LogP contribution in [0.3, 0.4) is 0 Å². The topological polar surface area (TPSA) is 20.3 Å². The summed E-state index contributed by atoms with van der Waals surface area (Å²) in [5.74, 6) is -2.02. The number of likely N-dealkylation sites (tertiary alicyclic amines) is 1. The molecule has 2 rings (SSSR count). The molecular formula is C16H23NO. The summed E-state index contributed by atoms with van der Waals surface area (Å²) >= 11 is 0. The molecule has 2 unspecified atom stereocenters. The van der Waals surface area contributed by atoms with Crippen LogP contribution in [0.1, 0.15) is 54.4 Å². The number of carbonyl (C=O) groups excluding carboxylic acids is 1. The monoisotopic (exact) mass is 254 g/mol. The number of benzene rings is 1. The third kappa shape index (κ3) is 3.42. The Labute approximate surface area is 123 Å². The Morgan fingerprint density at radius 3 is 3.22 bits per heavy atom. The van der Waals surface area contributed by atoms with Crippen LogP contribution in [0.5, 0.6) is 0 Å². The molecule has 0 aromatic heterocycles. The zero-order valence-corrected chi connectivity index (χ0v) is 10.4. The molecule has 0 amide bonds. The van der Waals surface area contributed by atoms with Crippen molar-refractivity contribution < 1.29 is 17.1 Å². The molecule has 98 valence electrons. The molecule has 0 radical (unpaired) electrons. The van der Waals surface area contributed by atoms with Gasteiger partial charge >= 0.3 is 0 Å². The van der Waals surface area contributed by atoms with Gasteiger partial charge in [0.2, 0.25) is 0 Å². The van der Waals surface area contributed by atoms with Gasteiger partial charge in [0.1, 0.15) is 0 Å². The molecule has 2 heteroatoms. The minimum Gasteiger partial charge on any atom is -0.303 e. The van der Waals surface area contributed by atoms with Crippen molar-refractivity contribution in [3.63, 3.8) is 0 Å². The summed E-state index contributed by atoms with van der Waals surface area (Å²) in [4.78, 5) is 14.2. The van der Waals surface area contributed by atoms with E-state index in [1.165, 1.54) is 11.8 Å². The van der Waals surface area contributed by atoms with E-state index in [1.54, 1.807) is 0 Å². The number of hydrogen-bond acceptors (Lipinski definition) is 2. The summed E-state index contributed by atoms with van der Waals surface area (Å²) in [6.07, 6.45) is 2.05. The van der Waals surface area contributed by atoms with Gasteiger partial charge in [-0.1, -0.05) is 43.1 Å². The lowest BCUT2D eigenvalue weighted by atomic mass is 9.97. The summed E-state index contributed by atoms with van der Waals surface area (Å²) in [6.45, 7) is -3.95. The molecule has 1 aliphatic heterocycles. The van der Waals surface area contributed by atoms with Crippen molar-refractivity contribution in [3.05, 3.63) is 35.3 Å². The molecule has 1 saturated heterocycles. The van der Waals surface area contributed by atoms with E-state index in [1.807, 2.05) is 0 Å². The average Bonchev–Trinajstić information content (AvgIpc) is 2.55. The summed E-state index contributed by atoms with van der Waals surface area (Å²) in [7, 11) is 0. The van der Waals surface area contributed by atoms with E-state index in [9.17, 15) is 4.79 Å². The number of piperidine rings is 1. The second-order valence-electron chi connectivity index (χ2n) is 4.41. The fourth-order valence-corrected chi connectivity index (χ4v) is 1.90. The van der Waals surface area contributed by atoms with E-state index in [2.05, 4.69) is 0 Å². The van der Waals surface area contributed by atoms with Gasteiger partial charge in [-0.2, -0.15) is 0 Å². The molecule has 1 aromatic rings. The average molecular weight is 254 g/mol. The number of rotatable bonds is 4. The SMILES string of the molecule is [2H]c1cc(C(=O)C(C)C([2H])([2H])N2CCCCC2[2H])c([2H])c([2H])c1C([2H])([2H])[2H]. The van der Waals surface area contributed by atoms with Crippen LogP contribution >= 0.6 is 0 Å². The highest BCUT2D eigenvalue weighted by Crippen LogP contribution is 2.15. The molecule has 0 spiro atoms. The van der Waals surface area contributed by atoms with Crippen molar-refractivity contribution >= 4 is 5.78 Å². The Morgan fingerprint density at radius 1 is 1.56 bits per heavy atom. The maximum atomic E-state index is 12.9. The predicted molar refractivity (Wildman–Crippen MR) is 75.0 cm³/mol. The fraction of sp³-hybridized carbons (Fsp3) is 0.562. The highest BCUT2D eigenvalue weighted by atomic mass is 16.1. The minimum absolute atomic E-state index is 0.340. The molecule has 1 aromatic carbocycles. The van der Waals surface area contributed by atoms with E-state index in [-0.39, 0.29) is 5.56 Å². The summed E-state index contributed by atoms with van der Waals surface area (Å²) in [5, 5.41) is 0. The molecule has 0 N–H and O–H groups in total. The van der Waals surface area contributed by atoms with Gasteiger partial charge in [0.15, 0.2) is 5.78 Å². The zero-order chi connectivity index (χ0) is 20.7. The van der Waals surface area contributed by atoms with E-state index < -0.39 is 55.3 Å². The maximum absolute atomic E-state index is 12.9. The molecule has 1 aliphatic rings. The molecule has 1 fully saturated rings. The number of hydrogen-bond donors (Lipinski definition) is 0. The molecule has 0 saturated carbocycles. The summed E-state index contributed by atoms with van der Waals surface area (Å²) < 4.78 is 70.8. The molecule has 1 heterocycles. The van der Waals surface area contributed by atoms with Crippen molar-refractivity contribution in [1.82, 2.24) is 4.90 Å². The number of Topliss-reactive ketones (excluding diaryl/α,β-unsaturated/α-hetero) is 1. The normalized spacial score (nSPS) is 31.4. The predicted octanol–water partition coefficient (Wildman–Crippen LogP) is 3.30. The molecule has 2 nitrogen and oxygen atoms in total. The Morgan fingerprint density at radius 2 is 2.44 bits per heavy atom. The van der Waals surface area contributed by atoms with Gasteiger partial charge < -0.3 is 4.90 Å². The zero-order valence-electron chi connectivity index (χ0n) is 19.4. The van der Waals surface area contributed by atoms with Gasteiger partial charge in [-0.3, -0.25) is 4.79 Å². The minimum atomic E-state index is -2.75. The van der Waals surface area contributed by atoms with Crippen LogP contribution in [0.2, 0.25) is 0 Å². The lowest BCUT2D eigenvalue weighted by Gasteiger charge is -2.28. The van der Waals surface area contributed by atoms with Gasteiger partial charge in [-0.15, -0.1) is 0 Å². The Hall–Kier alpha value is -1.15. The van der Waals surface area contributed by atoms with Crippen LogP contribution in [-0.4, -0.2) is 30.2 Å². The molecular weight excluding hydrogens is 222 g/mol. The van der Waals surface area contributed by atoms with Crippen molar-refractivity contribution in [1.29, 1.82) is 0 Å². The fourth-order valence-electron chi connectivity index (χ4n) is 1.90. The Balaban J connectivity index is 2.42. The standard InChI is InChI=1S/C16H23NO/c1-13-6-8-15(9-7-13)16(18)14(2)12-17-10-4-3-5-11-17/h6-9,14H,3-5,10-12H2,1-2H3/i1D3,6D,7D,8D,10D,12D2. The first-order valence-electron chi connectivity index (χ1n) is 10.7. The quantitative estimate of drug-likeness (QED) is 0.768. The van der Waals surface area contributed by atoms with E-state index >= 15 is 0 Å². The third-order valence-electron chi connectivity index (χ3n) is 2.90. The molecule has 2 atom stereocenters. The number of nitrogens with zero attached hydrogens (tertiary/aromatic N) is 1. The smallest absolute Gasteiger partial charge is 0.166 e. The maximum Gasteiger partial charge on any atom is 0.166 e. The molecule has 0 bridgehead atoms. The number of carbonyl (C=O) groups is 1. The van der Waals surface area contributed by atoms with Gasteiger partial charge in [0, 0.05) is 26.2 Å². The molecule has 18 heavy (non-hydrogen) atoms. The van der Waals surface area contributed by atoms with Crippen molar-refractivity contribution in [2.24, 2.45) is 5.92 Å². The Kier molecular flexibility index (Phi) is 2.00. The van der Waals surface area contributed by atoms with E-state index in [4.69, 9.17) is 12.3 Å². The second kappa shape index (κ2) is 6.14. The highest BCUT2D eigenvalue weighted by molar-refractivity contribution is 5.97. The van der Waals surface area contributed by atoms with Crippen molar-refractivity contribution in [2.45, 2.75) is 33.0 Å². The highest BCUT2D eigenvalue weighted by Gasteiger charge is 2.19.